The Labute approximate surface area is 164 Å². The van der Waals surface area contributed by atoms with Gasteiger partial charge in [0.25, 0.3) is 5.91 Å². The zero-order chi connectivity index (χ0) is 19.9. The molecule has 10 heteroatoms. The number of hydrogen-bond acceptors (Lipinski definition) is 4. The van der Waals surface area contributed by atoms with Crippen LogP contribution in [0, 0.1) is 6.08 Å². The molecule has 3 rings (SSSR count). The average molecular weight is 432 g/mol. The lowest BCUT2D eigenvalue weighted by atomic mass is 10.1. The minimum absolute atomic E-state index is 0.00119. The first kappa shape index (κ1) is 19.7. The van der Waals surface area contributed by atoms with Crippen molar-refractivity contribution in [3.63, 3.8) is 0 Å². The molecule has 2 heterocycles. The molecule has 0 spiro atoms. The Balaban J connectivity index is 2.20. The van der Waals surface area contributed by atoms with Crippen molar-refractivity contribution in [3.05, 3.63) is 63.4 Å². The molecule has 1 aromatic carbocycles. The first-order valence-corrected chi connectivity index (χ1v) is 9.89. The zero-order valence-electron chi connectivity index (χ0n) is 13.7. The summed E-state index contributed by atoms with van der Waals surface area (Å²) in [6, 6.07) is 5.85. The van der Waals surface area contributed by atoms with E-state index in [9.17, 15) is 22.0 Å². The average Bonchev–Trinajstić information content (AvgIpc) is 2.60. The topological polar surface area (TPSA) is 67.3 Å². The monoisotopic (exact) mass is 431 g/mol. The van der Waals surface area contributed by atoms with E-state index in [1.165, 1.54) is 18.3 Å². The second-order valence-corrected chi connectivity index (χ2v) is 8.39. The largest absolute Gasteiger partial charge is 0.316 e. The van der Waals surface area contributed by atoms with E-state index >= 15 is 0 Å². The van der Waals surface area contributed by atoms with Crippen molar-refractivity contribution < 1.29 is 22.0 Å². The molecule has 2 aromatic rings. The molecule has 1 aromatic heterocycles. The van der Waals surface area contributed by atoms with Gasteiger partial charge in [0.2, 0.25) is 0 Å². The number of sulfone groups is 1. The van der Waals surface area contributed by atoms with Crippen molar-refractivity contribution >= 4 is 49.5 Å². The first-order chi connectivity index (χ1) is 12.6. The Morgan fingerprint density at radius 1 is 1.30 bits per heavy atom. The lowest BCUT2D eigenvalue weighted by molar-refractivity contribution is -0.128. The molecule has 1 aliphatic rings. The molecular formula is C17H11Cl2F2N2O3S. The molecule has 141 valence electrons. The van der Waals surface area contributed by atoms with Gasteiger partial charge in [0, 0.05) is 24.9 Å². The number of halogens is 4. The number of fused-ring (bicyclic) bond motifs is 1. The van der Waals surface area contributed by atoms with Crippen LogP contribution in [0.4, 0.5) is 14.5 Å². The summed E-state index contributed by atoms with van der Waals surface area (Å²) in [6.07, 6.45) is 0.940. The second-order valence-electron chi connectivity index (χ2n) is 5.68. The Morgan fingerprint density at radius 2 is 2.00 bits per heavy atom. The number of carbonyl (C=O) groups is 1. The summed E-state index contributed by atoms with van der Waals surface area (Å²) < 4.78 is 50.9. The number of anilines is 1. The fourth-order valence-corrected chi connectivity index (χ4v) is 4.96. The van der Waals surface area contributed by atoms with E-state index in [1.807, 2.05) is 0 Å². The smallest absolute Gasteiger partial charge is 0.308 e. The predicted octanol–water partition coefficient (Wildman–Crippen LogP) is 3.74. The molecule has 0 N–H and O–H groups in total. The molecule has 0 saturated carbocycles. The van der Waals surface area contributed by atoms with Crippen molar-refractivity contribution in [1.29, 1.82) is 0 Å². The summed E-state index contributed by atoms with van der Waals surface area (Å²) >= 11 is 12.3. The standard InChI is InChI=1S/C17H11Cl2F2N2O3S/c1-23(17(24)16(20)21)15-11(18)5-4-10(14(15)19)13-7-12-9(3-2-6-22-12)8-27(13,25)26/h2-6,16H,8H2,1H3. The van der Waals surface area contributed by atoms with Gasteiger partial charge in [-0.05, 0) is 17.7 Å². The maximum absolute atomic E-state index is 12.8. The van der Waals surface area contributed by atoms with Crippen LogP contribution in [-0.2, 0) is 20.4 Å². The normalized spacial score (nSPS) is 15.3. The summed E-state index contributed by atoms with van der Waals surface area (Å²) in [6.45, 7) is 0. The fourth-order valence-electron chi connectivity index (χ4n) is 2.65. The molecular weight excluding hydrogens is 421 g/mol. The molecule has 0 atom stereocenters. The molecule has 27 heavy (non-hydrogen) atoms. The van der Waals surface area contributed by atoms with Crippen LogP contribution in [0.5, 0.6) is 0 Å². The summed E-state index contributed by atoms with van der Waals surface area (Å²) in [4.78, 5) is 16.1. The molecule has 1 radical (unpaired) electrons. The van der Waals surface area contributed by atoms with Gasteiger partial charge in [0.1, 0.15) is 0 Å². The van der Waals surface area contributed by atoms with Gasteiger partial charge in [0.15, 0.2) is 9.84 Å². The van der Waals surface area contributed by atoms with E-state index in [2.05, 4.69) is 11.1 Å². The highest BCUT2D eigenvalue weighted by atomic mass is 35.5. The van der Waals surface area contributed by atoms with Gasteiger partial charge in [-0.3, -0.25) is 9.78 Å². The Bertz CT molecular complexity index is 1070. The lowest BCUT2D eigenvalue weighted by Gasteiger charge is -2.23. The molecule has 0 aliphatic carbocycles. The first-order valence-electron chi connectivity index (χ1n) is 7.48. The summed E-state index contributed by atoms with van der Waals surface area (Å²) in [7, 11) is -2.74. The maximum atomic E-state index is 12.8. The third-order valence-electron chi connectivity index (χ3n) is 3.94. The molecule has 5 nitrogen and oxygen atoms in total. The van der Waals surface area contributed by atoms with Crippen molar-refractivity contribution in [2.75, 3.05) is 11.9 Å². The van der Waals surface area contributed by atoms with Crippen LogP contribution >= 0.6 is 23.2 Å². The molecule has 0 fully saturated rings. The highest BCUT2D eigenvalue weighted by Crippen LogP contribution is 2.42. The number of aromatic nitrogens is 1. The van der Waals surface area contributed by atoms with E-state index in [-0.39, 0.29) is 32.0 Å². The highest BCUT2D eigenvalue weighted by molar-refractivity contribution is 7.99. The van der Waals surface area contributed by atoms with E-state index in [0.29, 0.717) is 16.2 Å². The lowest BCUT2D eigenvalue weighted by Crippen LogP contribution is -2.32. The number of alkyl halides is 2. The van der Waals surface area contributed by atoms with Crippen LogP contribution in [0.2, 0.25) is 10.0 Å². The number of rotatable bonds is 3. The van der Waals surface area contributed by atoms with Crippen LogP contribution < -0.4 is 4.90 Å². The number of hydrogen-bond donors (Lipinski definition) is 0. The van der Waals surface area contributed by atoms with Crippen LogP contribution in [-0.4, -0.2) is 32.8 Å². The fraction of sp³-hybridized carbons (Fsp3) is 0.176. The zero-order valence-corrected chi connectivity index (χ0v) is 16.0. The van der Waals surface area contributed by atoms with Crippen LogP contribution in [0.1, 0.15) is 16.8 Å². The van der Waals surface area contributed by atoms with Crippen LogP contribution in [0.25, 0.3) is 4.91 Å². The van der Waals surface area contributed by atoms with Crippen LogP contribution in [0.3, 0.4) is 0 Å². The van der Waals surface area contributed by atoms with Gasteiger partial charge in [-0.1, -0.05) is 35.3 Å². The minimum atomic E-state index is -3.82. The number of nitrogens with zero attached hydrogens (tertiary/aromatic N) is 2. The van der Waals surface area contributed by atoms with E-state index in [0.717, 1.165) is 7.05 Å². The second kappa shape index (κ2) is 7.18. The van der Waals surface area contributed by atoms with Crippen molar-refractivity contribution in [2.24, 2.45) is 0 Å². The van der Waals surface area contributed by atoms with Crippen molar-refractivity contribution in [1.82, 2.24) is 4.98 Å². The van der Waals surface area contributed by atoms with Crippen LogP contribution in [0.15, 0.2) is 30.5 Å². The van der Waals surface area contributed by atoms with Gasteiger partial charge in [-0.25, -0.2) is 8.42 Å². The Hall–Kier alpha value is -2.03. The molecule has 0 unspecified atom stereocenters. The highest BCUT2D eigenvalue weighted by Gasteiger charge is 2.32. The van der Waals surface area contributed by atoms with Gasteiger partial charge in [-0.2, -0.15) is 8.78 Å². The van der Waals surface area contributed by atoms with Crippen molar-refractivity contribution in [2.45, 2.75) is 12.2 Å². The molecule has 1 aliphatic heterocycles. The quantitative estimate of drug-likeness (QED) is 0.742. The predicted molar refractivity (Wildman–Crippen MR) is 98.5 cm³/mol. The summed E-state index contributed by atoms with van der Waals surface area (Å²) in [5.74, 6) is -1.83. The summed E-state index contributed by atoms with van der Waals surface area (Å²) in [5.41, 5.74) is 0.613. The van der Waals surface area contributed by atoms with E-state index in [4.69, 9.17) is 23.2 Å². The SMILES string of the molecule is CN(C(=O)C(F)F)c1c(Cl)ccc(C2=[C]c3ncccc3CS2(=O)=O)c1Cl. The van der Waals surface area contributed by atoms with Gasteiger partial charge in [0.05, 0.1) is 32.1 Å². The number of benzene rings is 1. The minimum Gasteiger partial charge on any atom is -0.308 e. The number of pyridine rings is 1. The third kappa shape index (κ3) is 3.56. The Morgan fingerprint density at radius 3 is 2.67 bits per heavy atom. The van der Waals surface area contributed by atoms with E-state index in [1.54, 1.807) is 12.1 Å². The summed E-state index contributed by atoms with van der Waals surface area (Å²) in [5, 5.41) is -0.322. The van der Waals surface area contributed by atoms with Gasteiger partial charge >= 0.3 is 6.43 Å². The van der Waals surface area contributed by atoms with Crippen molar-refractivity contribution in [3.8, 4) is 0 Å². The van der Waals surface area contributed by atoms with E-state index < -0.39 is 22.2 Å². The number of carbonyl (C=O) groups excluding carboxylic acids is 1. The molecule has 1 amide bonds. The third-order valence-corrected chi connectivity index (χ3v) is 6.27. The maximum Gasteiger partial charge on any atom is 0.316 e. The molecule has 0 saturated heterocycles. The van der Waals surface area contributed by atoms with Gasteiger partial charge < -0.3 is 4.90 Å². The van der Waals surface area contributed by atoms with Gasteiger partial charge in [-0.15, -0.1) is 0 Å². The number of amides is 1. The molecule has 0 bridgehead atoms. The Kier molecular flexibility index (Phi) is 5.24.